The summed E-state index contributed by atoms with van der Waals surface area (Å²) in [5, 5.41) is 6.50. The van der Waals surface area contributed by atoms with E-state index in [0.29, 0.717) is 6.54 Å². The fraction of sp³-hybridized carbons (Fsp3) is 0.267. The van der Waals surface area contributed by atoms with Crippen LogP contribution in [0, 0.1) is 0 Å². The van der Waals surface area contributed by atoms with Gasteiger partial charge in [-0.25, -0.2) is 4.98 Å². The smallest absolute Gasteiger partial charge is 0.126 e. The second-order valence-electron chi connectivity index (χ2n) is 4.13. The van der Waals surface area contributed by atoms with E-state index in [2.05, 4.69) is 22.5 Å². The number of ether oxygens (including phenoxy) is 1. The number of anilines is 2. The zero-order valence-electron chi connectivity index (χ0n) is 11.3. The molecule has 1 aromatic carbocycles. The first-order valence-corrected chi connectivity index (χ1v) is 6.39. The van der Waals surface area contributed by atoms with Gasteiger partial charge in [0.25, 0.3) is 0 Å². The van der Waals surface area contributed by atoms with Gasteiger partial charge in [0.2, 0.25) is 0 Å². The van der Waals surface area contributed by atoms with E-state index < -0.39 is 0 Å². The fourth-order valence-electron chi connectivity index (χ4n) is 1.84. The Kier molecular flexibility index (Phi) is 4.61. The third-order valence-electron chi connectivity index (χ3n) is 2.80. The summed E-state index contributed by atoms with van der Waals surface area (Å²) < 4.78 is 5.31. The van der Waals surface area contributed by atoms with Crippen molar-refractivity contribution in [2.75, 3.05) is 24.3 Å². The zero-order chi connectivity index (χ0) is 13.5. The highest BCUT2D eigenvalue weighted by Crippen LogP contribution is 2.18. The van der Waals surface area contributed by atoms with Crippen LogP contribution in [0.3, 0.4) is 0 Å². The standard InChI is InChI=1S/C15H19N3O/c1-3-16-13-8-9-15(18-11-13)17-10-12-6-4-5-7-14(12)19-2/h4-9,11,16H,3,10H2,1-2H3,(H,17,18). The SMILES string of the molecule is CCNc1ccc(NCc2ccccc2OC)nc1. The molecule has 1 aromatic heterocycles. The topological polar surface area (TPSA) is 46.2 Å². The molecule has 0 saturated heterocycles. The number of para-hydroxylation sites is 1. The van der Waals surface area contributed by atoms with Crippen molar-refractivity contribution < 1.29 is 4.74 Å². The molecule has 0 bridgehead atoms. The molecule has 0 atom stereocenters. The average Bonchev–Trinajstić information content (AvgIpc) is 2.47. The van der Waals surface area contributed by atoms with Crippen molar-refractivity contribution in [3.8, 4) is 5.75 Å². The Bertz CT molecular complexity index is 511. The molecule has 0 amide bonds. The van der Waals surface area contributed by atoms with Crippen molar-refractivity contribution in [3.05, 3.63) is 48.2 Å². The average molecular weight is 257 g/mol. The third-order valence-corrected chi connectivity index (χ3v) is 2.80. The number of hydrogen-bond acceptors (Lipinski definition) is 4. The number of methoxy groups -OCH3 is 1. The molecular formula is C15H19N3O. The third kappa shape index (κ3) is 3.61. The van der Waals surface area contributed by atoms with E-state index in [1.165, 1.54) is 0 Å². The highest BCUT2D eigenvalue weighted by Gasteiger charge is 2.01. The molecule has 4 heteroatoms. The first-order chi connectivity index (χ1) is 9.33. The lowest BCUT2D eigenvalue weighted by Crippen LogP contribution is -2.03. The van der Waals surface area contributed by atoms with Crippen LogP contribution in [0.4, 0.5) is 11.5 Å². The van der Waals surface area contributed by atoms with E-state index in [-0.39, 0.29) is 0 Å². The minimum Gasteiger partial charge on any atom is -0.496 e. The summed E-state index contributed by atoms with van der Waals surface area (Å²) in [6, 6.07) is 11.9. The van der Waals surface area contributed by atoms with Gasteiger partial charge in [-0.1, -0.05) is 18.2 Å². The normalized spacial score (nSPS) is 10.0. The minimum absolute atomic E-state index is 0.692. The van der Waals surface area contributed by atoms with Gasteiger partial charge < -0.3 is 15.4 Å². The number of nitrogens with zero attached hydrogens (tertiary/aromatic N) is 1. The van der Waals surface area contributed by atoms with Gasteiger partial charge in [-0.3, -0.25) is 0 Å². The van der Waals surface area contributed by atoms with Crippen LogP contribution in [0.5, 0.6) is 5.75 Å². The summed E-state index contributed by atoms with van der Waals surface area (Å²) in [7, 11) is 1.68. The molecule has 100 valence electrons. The first-order valence-electron chi connectivity index (χ1n) is 6.39. The molecule has 2 N–H and O–H groups in total. The highest BCUT2D eigenvalue weighted by molar-refractivity contribution is 5.47. The maximum atomic E-state index is 5.31. The van der Waals surface area contributed by atoms with Gasteiger partial charge in [0.15, 0.2) is 0 Å². The van der Waals surface area contributed by atoms with Crippen LogP contribution in [0.15, 0.2) is 42.6 Å². The van der Waals surface area contributed by atoms with Gasteiger partial charge in [-0.05, 0) is 25.1 Å². The van der Waals surface area contributed by atoms with Crippen LogP contribution in [-0.4, -0.2) is 18.6 Å². The van der Waals surface area contributed by atoms with Crippen molar-refractivity contribution in [2.45, 2.75) is 13.5 Å². The molecule has 0 radical (unpaired) electrons. The van der Waals surface area contributed by atoms with Crippen molar-refractivity contribution in [1.82, 2.24) is 4.98 Å². The largest absolute Gasteiger partial charge is 0.496 e. The molecule has 0 spiro atoms. The van der Waals surface area contributed by atoms with E-state index in [4.69, 9.17) is 4.74 Å². The summed E-state index contributed by atoms with van der Waals surface area (Å²) in [6.45, 7) is 3.65. The predicted octanol–water partition coefficient (Wildman–Crippen LogP) is 3.13. The lowest BCUT2D eigenvalue weighted by Gasteiger charge is -2.10. The maximum absolute atomic E-state index is 5.31. The highest BCUT2D eigenvalue weighted by atomic mass is 16.5. The van der Waals surface area contributed by atoms with Crippen LogP contribution in [0.2, 0.25) is 0 Å². The molecule has 0 fully saturated rings. The van der Waals surface area contributed by atoms with Crippen molar-refractivity contribution in [3.63, 3.8) is 0 Å². The fourth-order valence-corrected chi connectivity index (χ4v) is 1.84. The van der Waals surface area contributed by atoms with Crippen LogP contribution in [0.25, 0.3) is 0 Å². The quantitative estimate of drug-likeness (QED) is 0.834. The molecule has 0 aliphatic carbocycles. The molecular weight excluding hydrogens is 238 g/mol. The van der Waals surface area contributed by atoms with Crippen molar-refractivity contribution in [2.24, 2.45) is 0 Å². The monoisotopic (exact) mass is 257 g/mol. The Morgan fingerprint density at radius 3 is 2.63 bits per heavy atom. The van der Waals surface area contributed by atoms with Gasteiger partial charge in [0.1, 0.15) is 11.6 Å². The number of pyridine rings is 1. The molecule has 2 aromatic rings. The Balaban J connectivity index is 1.98. The van der Waals surface area contributed by atoms with Crippen LogP contribution < -0.4 is 15.4 Å². The molecule has 1 heterocycles. The maximum Gasteiger partial charge on any atom is 0.126 e. The van der Waals surface area contributed by atoms with Crippen LogP contribution in [0.1, 0.15) is 12.5 Å². The number of rotatable bonds is 6. The summed E-state index contributed by atoms with van der Waals surface area (Å²) in [5.74, 6) is 1.74. The minimum atomic E-state index is 0.692. The van der Waals surface area contributed by atoms with E-state index in [0.717, 1.165) is 29.4 Å². The van der Waals surface area contributed by atoms with E-state index in [9.17, 15) is 0 Å². The van der Waals surface area contributed by atoms with Gasteiger partial charge in [-0.15, -0.1) is 0 Å². The summed E-state index contributed by atoms with van der Waals surface area (Å²) >= 11 is 0. The molecule has 0 aliphatic rings. The molecule has 0 aliphatic heterocycles. The number of hydrogen-bond donors (Lipinski definition) is 2. The second-order valence-corrected chi connectivity index (χ2v) is 4.13. The molecule has 4 nitrogen and oxygen atoms in total. The van der Waals surface area contributed by atoms with Crippen LogP contribution in [-0.2, 0) is 6.54 Å². The summed E-state index contributed by atoms with van der Waals surface area (Å²) in [4.78, 5) is 4.35. The van der Waals surface area contributed by atoms with Crippen molar-refractivity contribution >= 4 is 11.5 Å². The Morgan fingerprint density at radius 1 is 1.11 bits per heavy atom. The van der Waals surface area contributed by atoms with E-state index in [1.807, 2.05) is 42.6 Å². The first kappa shape index (κ1) is 13.2. The Labute approximate surface area is 113 Å². The number of nitrogens with one attached hydrogen (secondary N) is 2. The molecule has 19 heavy (non-hydrogen) atoms. The van der Waals surface area contributed by atoms with Gasteiger partial charge in [-0.2, -0.15) is 0 Å². The molecule has 0 saturated carbocycles. The van der Waals surface area contributed by atoms with Crippen molar-refractivity contribution in [1.29, 1.82) is 0 Å². The second kappa shape index (κ2) is 6.64. The Hall–Kier alpha value is -2.23. The molecule has 2 rings (SSSR count). The van der Waals surface area contributed by atoms with E-state index >= 15 is 0 Å². The lowest BCUT2D eigenvalue weighted by molar-refractivity contribution is 0.410. The van der Waals surface area contributed by atoms with E-state index in [1.54, 1.807) is 7.11 Å². The number of aromatic nitrogens is 1. The van der Waals surface area contributed by atoms with Gasteiger partial charge >= 0.3 is 0 Å². The summed E-state index contributed by atoms with van der Waals surface area (Å²) in [5.41, 5.74) is 2.15. The lowest BCUT2D eigenvalue weighted by atomic mass is 10.2. The molecule has 0 unspecified atom stereocenters. The van der Waals surface area contributed by atoms with Gasteiger partial charge in [0, 0.05) is 18.7 Å². The van der Waals surface area contributed by atoms with Gasteiger partial charge in [0.05, 0.1) is 19.0 Å². The van der Waals surface area contributed by atoms with Crippen LogP contribution >= 0.6 is 0 Å². The number of benzene rings is 1. The zero-order valence-corrected chi connectivity index (χ0v) is 11.3. The summed E-state index contributed by atoms with van der Waals surface area (Å²) in [6.07, 6.45) is 1.83. The predicted molar refractivity (Wildman–Crippen MR) is 78.7 cm³/mol. The Morgan fingerprint density at radius 2 is 1.95 bits per heavy atom.